The molecule has 2 heterocycles. The van der Waals surface area contributed by atoms with Crippen molar-refractivity contribution in [3.63, 3.8) is 0 Å². The van der Waals surface area contributed by atoms with Gasteiger partial charge in [0.25, 0.3) is 0 Å². The summed E-state index contributed by atoms with van der Waals surface area (Å²) in [5, 5.41) is 15.9. The topological polar surface area (TPSA) is 69.6 Å². The first kappa shape index (κ1) is 13.9. The highest BCUT2D eigenvalue weighted by Gasteiger charge is 2.27. The number of carboxylic acid groups (broad SMARTS) is 1. The Kier molecular flexibility index (Phi) is 4.79. The molecule has 1 aromatic heterocycles. The lowest BCUT2D eigenvalue weighted by Crippen LogP contribution is -2.47. The third-order valence-electron chi connectivity index (χ3n) is 3.33. The van der Waals surface area contributed by atoms with Crippen LogP contribution in [-0.4, -0.2) is 41.6 Å². The predicted molar refractivity (Wildman–Crippen MR) is 73.4 cm³/mol. The van der Waals surface area contributed by atoms with E-state index in [4.69, 9.17) is 5.11 Å². The van der Waals surface area contributed by atoms with Gasteiger partial charge in [-0.2, -0.15) is 11.3 Å². The van der Waals surface area contributed by atoms with Crippen LogP contribution in [0, 0.1) is 5.92 Å². The Morgan fingerprint density at radius 2 is 2.37 bits per heavy atom. The first-order chi connectivity index (χ1) is 9.16. The summed E-state index contributed by atoms with van der Waals surface area (Å²) in [7, 11) is 0. The number of likely N-dealkylation sites (tertiary alicyclic amines) is 1. The van der Waals surface area contributed by atoms with Crippen LogP contribution in [0.15, 0.2) is 16.8 Å². The van der Waals surface area contributed by atoms with Crippen molar-refractivity contribution in [3.8, 4) is 0 Å². The van der Waals surface area contributed by atoms with Crippen molar-refractivity contribution in [3.05, 3.63) is 22.4 Å². The van der Waals surface area contributed by atoms with Crippen molar-refractivity contribution >= 4 is 23.3 Å². The molecule has 2 rings (SSSR count). The quantitative estimate of drug-likeness (QED) is 0.884. The smallest absolute Gasteiger partial charge is 0.317 e. The molecular weight excluding hydrogens is 264 g/mol. The van der Waals surface area contributed by atoms with E-state index >= 15 is 0 Å². The molecule has 0 bridgehead atoms. The Hall–Kier alpha value is -1.56. The van der Waals surface area contributed by atoms with E-state index in [2.05, 4.69) is 10.7 Å². The van der Waals surface area contributed by atoms with Gasteiger partial charge in [-0.1, -0.05) is 0 Å². The highest BCUT2D eigenvalue weighted by atomic mass is 32.1. The van der Waals surface area contributed by atoms with Crippen molar-refractivity contribution < 1.29 is 14.7 Å². The van der Waals surface area contributed by atoms with Gasteiger partial charge in [-0.25, -0.2) is 4.79 Å². The number of hydrogen-bond acceptors (Lipinski definition) is 3. The lowest BCUT2D eigenvalue weighted by molar-refractivity contribution is -0.143. The van der Waals surface area contributed by atoms with E-state index in [0.29, 0.717) is 26.1 Å². The van der Waals surface area contributed by atoms with Crippen molar-refractivity contribution in [2.75, 3.05) is 19.6 Å². The lowest BCUT2D eigenvalue weighted by atomic mass is 9.99. The summed E-state index contributed by atoms with van der Waals surface area (Å²) in [6.45, 7) is 1.55. The fraction of sp³-hybridized carbons (Fsp3) is 0.538. The number of nitrogens with zero attached hydrogens (tertiary/aromatic N) is 1. The van der Waals surface area contributed by atoms with E-state index in [1.54, 1.807) is 16.2 Å². The Morgan fingerprint density at radius 3 is 3.05 bits per heavy atom. The zero-order valence-electron chi connectivity index (χ0n) is 10.7. The van der Waals surface area contributed by atoms with Crippen molar-refractivity contribution in [1.82, 2.24) is 10.2 Å². The van der Waals surface area contributed by atoms with Gasteiger partial charge in [-0.3, -0.25) is 4.79 Å². The minimum atomic E-state index is -0.809. The van der Waals surface area contributed by atoms with Gasteiger partial charge in [0.15, 0.2) is 0 Å². The van der Waals surface area contributed by atoms with Gasteiger partial charge >= 0.3 is 12.0 Å². The van der Waals surface area contributed by atoms with Gasteiger partial charge in [-0.15, -0.1) is 0 Å². The monoisotopic (exact) mass is 282 g/mol. The van der Waals surface area contributed by atoms with E-state index in [1.165, 1.54) is 5.56 Å². The van der Waals surface area contributed by atoms with E-state index in [0.717, 1.165) is 12.8 Å². The van der Waals surface area contributed by atoms with Crippen molar-refractivity contribution in [2.24, 2.45) is 5.92 Å². The minimum absolute atomic E-state index is 0.152. The maximum absolute atomic E-state index is 11.9. The number of carbonyl (C=O) groups excluding carboxylic acids is 1. The fourth-order valence-electron chi connectivity index (χ4n) is 2.22. The largest absolute Gasteiger partial charge is 0.481 e. The highest BCUT2D eigenvalue weighted by Crippen LogP contribution is 2.16. The number of urea groups is 1. The third-order valence-corrected chi connectivity index (χ3v) is 4.06. The molecule has 1 aliphatic heterocycles. The maximum Gasteiger partial charge on any atom is 0.317 e. The van der Waals surface area contributed by atoms with Crippen LogP contribution in [0.1, 0.15) is 18.4 Å². The van der Waals surface area contributed by atoms with Gasteiger partial charge in [0.2, 0.25) is 0 Å². The van der Waals surface area contributed by atoms with E-state index in [9.17, 15) is 9.59 Å². The van der Waals surface area contributed by atoms with Crippen molar-refractivity contribution in [2.45, 2.75) is 19.3 Å². The van der Waals surface area contributed by atoms with Crippen LogP contribution in [-0.2, 0) is 11.2 Å². The molecule has 1 saturated heterocycles. The fourth-order valence-corrected chi connectivity index (χ4v) is 2.93. The van der Waals surface area contributed by atoms with Gasteiger partial charge < -0.3 is 15.3 Å². The third kappa shape index (κ3) is 3.96. The number of hydrogen-bond donors (Lipinski definition) is 2. The summed E-state index contributed by atoms with van der Waals surface area (Å²) in [6, 6.07) is 1.89. The van der Waals surface area contributed by atoms with Crippen LogP contribution in [0.4, 0.5) is 4.79 Å². The number of carbonyl (C=O) groups is 2. The molecule has 0 saturated carbocycles. The number of amides is 2. The molecular formula is C13H18N2O3S. The zero-order valence-corrected chi connectivity index (χ0v) is 11.5. The second-order valence-electron chi connectivity index (χ2n) is 4.74. The molecule has 0 aromatic carbocycles. The normalized spacial score (nSPS) is 19.2. The molecule has 104 valence electrons. The average Bonchev–Trinajstić information content (AvgIpc) is 2.92. The summed E-state index contributed by atoms with van der Waals surface area (Å²) in [4.78, 5) is 24.5. The first-order valence-electron chi connectivity index (χ1n) is 6.43. The summed E-state index contributed by atoms with van der Waals surface area (Å²) >= 11 is 1.64. The number of rotatable bonds is 4. The minimum Gasteiger partial charge on any atom is -0.481 e. The number of nitrogens with one attached hydrogen (secondary N) is 1. The molecule has 1 aliphatic rings. The molecule has 0 aliphatic carbocycles. The van der Waals surface area contributed by atoms with Crippen LogP contribution in [0.3, 0.4) is 0 Å². The number of thiophene rings is 1. The molecule has 19 heavy (non-hydrogen) atoms. The average molecular weight is 282 g/mol. The van der Waals surface area contributed by atoms with Crippen LogP contribution >= 0.6 is 11.3 Å². The predicted octanol–water partition coefficient (Wildman–Crippen LogP) is 1.80. The maximum atomic E-state index is 11.9. The Bertz CT molecular complexity index is 433. The van der Waals surface area contributed by atoms with Crippen LogP contribution in [0.5, 0.6) is 0 Å². The SMILES string of the molecule is O=C(O)[C@H]1CCCN(C(=O)NCCc2ccsc2)C1. The molecule has 0 radical (unpaired) electrons. The Morgan fingerprint density at radius 1 is 1.53 bits per heavy atom. The van der Waals surface area contributed by atoms with Crippen LogP contribution in [0.25, 0.3) is 0 Å². The summed E-state index contributed by atoms with van der Waals surface area (Å²) in [5.74, 6) is -1.23. The zero-order chi connectivity index (χ0) is 13.7. The molecule has 5 nitrogen and oxygen atoms in total. The second-order valence-corrected chi connectivity index (χ2v) is 5.52. The highest BCUT2D eigenvalue weighted by molar-refractivity contribution is 7.07. The molecule has 1 atom stereocenters. The Balaban J connectivity index is 1.74. The van der Waals surface area contributed by atoms with Gasteiger partial charge in [0.1, 0.15) is 0 Å². The van der Waals surface area contributed by atoms with Crippen LogP contribution in [0.2, 0.25) is 0 Å². The van der Waals surface area contributed by atoms with E-state index in [-0.39, 0.29) is 6.03 Å². The van der Waals surface area contributed by atoms with E-state index in [1.807, 2.05) is 11.4 Å². The van der Waals surface area contributed by atoms with Gasteiger partial charge in [0.05, 0.1) is 5.92 Å². The molecule has 1 fully saturated rings. The molecule has 0 spiro atoms. The molecule has 2 N–H and O–H groups in total. The molecule has 2 amide bonds. The van der Waals surface area contributed by atoms with Crippen molar-refractivity contribution in [1.29, 1.82) is 0 Å². The summed E-state index contributed by atoms with van der Waals surface area (Å²) in [6.07, 6.45) is 2.23. The van der Waals surface area contributed by atoms with Crippen LogP contribution < -0.4 is 5.32 Å². The molecule has 1 aromatic rings. The number of carboxylic acids is 1. The second kappa shape index (κ2) is 6.56. The number of piperidine rings is 1. The molecule has 6 heteroatoms. The first-order valence-corrected chi connectivity index (χ1v) is 7.38. The van der Waals surface area contributed by atoms with Gasteiger partial charge in [0, 0.05) is 19.6 Å². The Labute approximate surface area is 116 Å². The number of aliphatic carboxylic acids is 1. The van der Waals surface area contributed by atoms with E-state index < -0.39 is 11.9 Å². The summed E-state index contributed by atoms with van der Waals surface area (Å²) < 4.78 is 0. The lowest BCUT2D eigenvalue weighted by Gasteiger charge is -2.30. The van der Waals surface area contributed by atoms with Gasteiger partial charge in [-0.05, 0) is 41.7 Å². The summed E-state index contributed by atoms with van der Waals surface area (Å²) in [5.41, 5.74) is 1.22. The standard InChI is InChI=1S/C13H18N2O3S/c16-12(17)11-2-1-6-15(8-11)13(18)14-5-3-10-4-7-19-9-10/h4,7,9,11H,1-3,5-6,8H2,(H,14,18)(H,16,17)/t11-/m0/s1. The molecule has 0 unspecified atom stereocenters.